The number of fused-ring (bicyclic) bond motifs is 2. The van der Waals surface area contributed by atoms with Gasteiger partial charge in [-0.25, -0.2) is 9.97 Å². The molecule has 1 aromatic heterocycles. The maximum Gasteiger partial charge on any atom is 0.258 e. The lowest BCUT2D eigenvalue weighted by molar-refractivity contribution is 0.0976. The minimum Gasteiger partial charge on any atom is -0.490 e. The Balaban J connectivity index is 1.78. The van der Waals surface area contributed by atoms with Crippen molar-refractivity contribution in [3.8, 4) is 5.75 Å². The Hall–Kier alpha value is -2.95. The fraction of sp³-hybridized carbons (Fsp3) is 0.286. The zero-order valence-corrected chi connectivity index (χ0v) is 15.5. The molecule has 0 spiro atoms. The Bertz CT molecular complexity index is 1040. The molecule has 0 saturated heterocycles. The van der Waals surface area contributed by atoms with Gasteiger partial charge in [0, 0.05) is 5.56 Å². The first kappa shape index (κ1) is 16.5. The molecule has 1 amide bonds. The van der Waals surface area contributed by atoms with Crippen molar-refractivity contribution in [2.24, 2.45) is 0 Å². The number of amides is 1. The summed E-state index contributed by atoms with van der Waals surface area (Å²) in [5.74, 6) is 0.734. The molecule has 132 valence electrons. The smallest absolute Gasteiger partial charge is 0.258 e. The first-order valence-electron chi connectivity index (χ1n) is 8.75. The molecule has 0 atom stereocenters. The van der Waals surface area contributed by atoms with E-state index in [0.29, 0.717) is 18.7 Å². The third-order valence-electron chi connectivity index (χ3n) is 4.82. The molecule has 5 nitrogen and oxygen atoms in total. The van der Waals surface area contributed by atoms with Crippen molar-refractivity contribution in [1.29, 1.82) is 0 Å². The largest absolute Gasteiger partial charge is 0.490 e. The Morgan fingerprint density at radius 2 is 1.73 bits per heavy atom. The standard InChI is InChI=1S/C21H21N3O2/c1-12-9-13(2)20-19(10-12)26-8-7-24(20)21(25)16-5-6-17-18(11-16)23-15(4)14(3)22-17/h5-6,9-11H,7-8H2,1-4H3. The van der Waals surface area contributed by atoms with Crippen molar-refractivity contribution >= 4 is 22.6 Å². The number of aromatic nitrogens is 2. The Labute approximate surface area is 152 Å². The molecular formula is C21H21N3O2. The van der Waals surface area contributed by atoms with Crippen molar-refractivity contribution in [2.75, 3.05) is 18.1 Å². The van der Waals surface area contributed by atoms with E-state index in [1.165, 1.54) is 0 Å². The van der Waals surface area contributed by atoms with Crippen LogP contribution in [0.3, 0.4) is 0 Å². The number of benzene rings is 2. The van der Waals surface area contributed by atoms with Gasteiger partial charge in [0.05, 0.1) is 34.7 Å². The van der Waals surface area contributed by atoms with Gasteiger partial charge in [0.1, 0.15) is 12.4 Å². The number of rotatable bonds is 1. The lowest BCUT2D eigenvalue weighted by Gasteiger charge is -2.31. The highest BCUT2D eigenvalue weighted by Crippen LogP contribution is 2.36. The quantitative estimate of drug-likeness (QED) is 0.670. The molecule has 5 heteroatoms. The minimum absolute atomic E-state index is 0.0385. The number of hydrogen-bond acceptors (Lipinski definition) is 4. The molecule has 1 aliphatic heterocycles. The minimum atomic E-state index is -0.0385. The number of carbonyl (C=O) groups excluding carboxylic acids is 1. The van der Waals surface area contributed by atoms with Crippen LogP contribution >= 0.6 is 0 Å². The number of nitrogens with zero attached hydrogens (tertiary/aromatic N) is 3. The lowest BCUT2D eigenvalue weighted by atomic mass is 10.1. The lowest BCUT2D eigenvalue weighted by Crippen LogP contribution is -2.38. The van der Waals surface area contributed by atoms with Crippen molar-refractivity contribution in [2.45, 2.75) is 27.7 Å². The van der Waals surface area contributed by atoms with Gasteiger partial charge in [-0.3, -0.25) is 4.79 Å². The van der Waals surface area contributed by atoms with E-state index in [2.05, 4.69) is 16.0 Å². The van der Waals surface area contributed by atoms with Crippen LogP contribution < -0.4 is 9.64 Å². The first-order valence-corrected chi connectivity index (χ1v) is 8.75. The van der Waals surface area contributed by atoms with Crippen LogP contribution in [-0.2, 0) is 0 Å². The van der Waals surface area contributed by atoms with Crippen LogP contribution in [0.25, 0.3) is 11.0 Å². The van der Waals surface area contributed by atoms with Crippen molar-refractivity contribution < 1.29 is 9.53 Å². The molecule has 3 aromatic rings. The first-order chi connectivity index (χ1) is 12.4. The van der Waals surface area contributed by atoms with Gasteiger partial charge in [-0.15, -0.1) is 0 Å². The monoisotopic (exact) mass is 347 g/mol. The van der Waals surface area contributed by atoms with E-state index in [0.717, 1.165) is 45.0 Å². The number of carbonyl (C=O) groups is 1. The summed E-state index contributed by atoms with van der Waals surface area (Å²) in [6.07, 6.45) is 0. The van der Waals surface area contributed by atoms with E-state index in [1.807, 2.05) is 56.9 Å². The Morgan fingerprint density at radius 1 is 1.00 bits per heavy atom. The van der Waals surface area contributed by atoms with Crippen molar-refractivity contribution in [3.63, 3.8) is 0 Å². The van der Waals surface area contributed by atoms with Gasteiger partial charge in [0.15, 0.2) is 0 Å². The topological polar surface area (TPSA) is 55.3 Å². The van der Waals surface area contributed by atoms with E-state index in [-0.39, 0.29) is 5.91 Å². The maximum atomic E-state index is 13.2. The Morgan fingerprint density at radius 3 is 2.50 bits per heavy atom. The zero-order chi connectivity index (χ0) is 18.4. The van der Waals surface area contributed by atoms with E-state index >= 15 is 0 Å². The number of aryl methyl sites for hydroxylation is 4. The number of ether oxygens (including phenoxy) is 1. The summed E-state index contributed by atoms with van der Waals surface area (Å²) < 4.78 is 5.78. The van der Waals surface area contributed by atoms with Gasteiger partial charge in [-0.05, 0) is 63.1 Å². The van der Waals surface area contributed by atoms with Crippen LogP contribution in [0.1, 0.15) is 32.9 Å². The maximum absolute atomic E-state index is 13.2. The van der Waals surface area contributed by atoms with Gasteiger partial charge in [0.25, 0.3) is 5.91 Å². The molecule has 0 unspecified atom stereocenters. The van der Waals surface area contributed by atoms with E-state index in [4.69, 9.17) is 4.74 Å². The highest BCUT2D eigenvalue weighted by Gasteiger charge is 2.27. The molecule has 4 rings (SSSR count). The van der Waals surface area contributed by atoms with Crippen molar-refractivity contribution in [1.82, 2.24) is 9.97 Å². The normalized spacial score (nSPS) is 13.5. The molecule has 2 heterocycles. The fourth-order valence-corrected chi connectivity index (χ4v) is 3.46. The van der Waals surface area contributed by atoms with Gasteiger partial charge in [-0.1, -0.05) is 6.07 Å². The summed E-state index contributed by atoms with van der Waals surface area (Å²) in [6.45, 7) is 8.94. The van der Waals surface area contributed by atoms with Crippen LogP contribution in [0.2, 0.25) is 0 Å². The predicted octanol–water partition coefficient (Wildman–Crippen LogP) is 3.90. The third-order valence-corrected chi connectivity index (χ3v) is 4.82. The average molecular weight is 347 g/mol. The summed E-state index contributed by atoms with van der Waals surface area (Å²) in [5, 5.41) is 0. The summed E-state index contributed by atoms with van der Waals surface area (Å²) >= 11 is 0. The Kier molecular flexibility index (Phi) is 3.87. The third kappa shape index (κ3) is 2.69. The van der Waals surface area contributed by atoms with Gasteiger partial charge < -0.3 is 9.64 Å². The number of hydrogen-bond donors (Lipinski definition) is 0. The van der Waals surface area contributed by atoms with Crippen LogP contribution in [0.4, 0.5) is 5.69 Å². The van der Waals surface area contributed by atoms with E-state index in [9.17, 15) is 4.79 Å². The molecule has 0 radical (unpaired) electrons. The number of anilines is 1. The highest BCUT2D eigenvalue weighted by atomic mass is 16.5. The molecular weight excluding hydrogens is 326 g/mol. The summed E-state index contributed by atoms with van der Waals surface area (Å²) in [5.41, 5.74) is 6.98. The average Bonchev–Trinajstić information content (AvgIpc) is 2.61. The molecule has 0 aliphatic carbocycles. The zero-order valence-electron chi connectivity index (χ0n) is 15.5. The van der Waals surface area contributed by atoms with Gasteiger partial charge in [-0.2, -0.15) is 0 Å². The molecule has 0 fully saturated rings. The highest BCUT2D eigenvalue weighted by molar-refractivity contribution is 6.09. The summed E-state index contributed by atoms with van der Waals surface area (Å²) in [6, 6.07) is 9.58. The SMILES string of the molecule is Cc1cc(C)c2c(c1)OCCN2C(=O)c1ccc2nc(C)c(C)nc2c1. The molecule has 2 aromatic carbocycles. The molecule has 0 bridgehead atoms. The second-order valence-electron chi connectivity index (χ2n) is 6.83. The van der Waals surface area contributed by atoms with Crippen LogP contribution in [-0.4, -0.2) is 29.0 Å². The van der Waals surface area contributed by atoms with Crippen LogP contribution in [0, 0.1) is 27.7 Å². The summed E-state index contributed by atoms with van der Waals surface area (Å²) in [7, 11) is 0. The molecule has 1 aliphatic rings. The molecule has 0 N–H and O–H groups in total. The summed E-state index contributed by atoms with van der Waals surface area (Å²) in [4.78, 5) is 24.1. The molecule has 0 saturated carbocycles. The van der Waals surface area contributed by atoms with Gasteiger partial charge >= 0.3 is 0 Å². The molecule has 26 heavy (non-hydrogen) atoms. The second-order valence-corrected chi connectivity index (χ2v) is 6.83. The van der Waals surface area contributed by atoms with Crippen LogP contribution in [0.5, 0.6) is 5.75 Å². The van der Waals surface area contributed by atoms with Crippen molar-refractivity contribution in [3.05, 3.63) is 58.4 Å². The van der Waals surface area contributed by atoms with E-state index < -0.39 is 0 Å². The second kappa shape index (κ2) is 6.09. The predicted molar refractivity (Wildman–Crippen MR) is 102 cm³/mol. The van der Waals surface area contributed by atoms with Gasteiger partial charge in [0.2, 0.25) is 0 Å². The van der Waals surface area contributed by atoms with Crippen LogP contribution in [0.15, 0.2) is 30.3 Å². The van der Waals surface area contributed by atoms with E-state index in [1.54, 1.807) is 0 Å². The fourth-order valence-electron chi connectivity index (χ4n) is 3.46.